The summed E-state index contributed by atoms with van der Waals surface area (Å²) in [4.78, 5) is 27.8. The van der Waals surface area contributed by atoms with E-state index in [9.17, 15) is 9.59 Å². The average molecular weight is 424 g/mol. The van der Waals surface area contributed by atoms with E-state index in [2.05, 4.69) is 53.7 Å². The average Bonchev–Trinajstić information content (AvgIpc) is 3.18. The van der Waals surface area contributed by atoms with E-state index in [0.29, 0.717) is 11.6 Å². The Bertz CT molecular complexity index is 1010. The molecule has 7 nitrogen and oxygen atoms in total. The maximum absolute atomic E-state index is 12.4. The first-order valence-electron chi connectivity index (χ1n) is 9.61. The second-order valence-electron chi connectivity index (χ2n) is 7.39. The van der Waals surface area contributed by atoms with E-state index in [0.717, 1.165) is 4.90 Å². The molecule has 8 heteroatoms. The number of likely N-dealkylation sites (N-methyl/N-ethyl adjacent to an activating group) is 1. The fraction of sp³-hybridized carbons (Fsp3) is 0.273. The molecular formula is C22H25N5O2S. The van der Waals surface area contributed by atoms with Crippen LogP contribution in [0.4, 0.5) is 5.69 Å². The molecule has 0 aliphatic heterocycles. The van der Waals surface area contributed by atoms with Gasteiger partial charge in [0.25, 0.3) is 5.91 Å². The Balaban J connectivity index is 1.58. The number of benzene rings is 2. The predicted molar refractivity (Wildman–Crippen MR) is 118 cm³/mol. The lowest BCUT2D eigenvalue weighted by atomic mass is 10.0. The fourth-order valence-corrected chi connectivity index (χ4v) is 3.43. The molecule has 0 bridgehead atoms. The number of hydrogen-bond donors (Lipinski definition) is 1. The highest BCUT2D eigenvalue weighted by atomic mass is 32.2. The van der Waals surface area contributed by atoms with Crippen LogP contribution >= 0.6 is 11.8 Å². The lowest BCUT2D eigenvalue weighted by molar-refractivity contribution is -0.129. The number of hydrogen-bond acceptors (Lipinski definition) is 5. The summed E-state index contributed by atoms with van der Waals surface area (Å²) in [6, 6.07) is 16.2. The van der Waals surface area contributed by atoms with Crippen molar-refractivity contribution in [3.63, 3.8) is 0 Å². The minimum absolute atomic E-state index is 0.0390. The standard InChI is InChI=1S/C22H25N5O2S/c1-15(2)16-5-9-18(10-6-16)30-19-11-7-17(8-12-19)23-22(29)20-13-27(25-24-20)14-21(28)26(3)4/h5-13,15H,14H2,1-4H3,(H,23,29). The summed E-state index contributed by atoms with van der Waals surface area (Å²) in [5.74, 6) is 0.0176. The van der Waals surface area contributed by atoms with Crippen molar-refractivity contribution >= 4 is 29.3 Å². The van der Waals surface area contributed by atoms with Gasteiger partial charge in [-0.3, -0.25) is 9.59 Å². The van der Waals surface area contributed by atoms with Gasteiger partial charge in [0.2, 0.25) is 5.91 Å². The third kappa shape index (κ3) is 5.70. The third-order valence-corrected chi connectivity index (χ3v) is 5.48. The van der Waals surface area contributed by atoms with Gasteiger partial charge >= 0.3 is 0 Å². The van der Waals surface area contributed by atoms with Crippen LogP contribution in [0, 0.1) is 0 Å². The number of carbonyl (C=O) groups excluding carboxylic acids is 2. The molecule has 0 spiro atoms. The zero-order valence-corrected chi connectivity index (χ0v) is 18.3. The summed E-state index contributed by atoms with van der Waals surface area (Å²) in [5.41, 5.74) is 2.14. The smallest absolute Gasteiger partial charge is 0.277 e. The molecule has 0 atom stereocenters. The molecule has 0 fully saturated rings. The van der Waals surface area contributed by atoms with Crippen LogP contribution < -0.4 is 5.32 Å². The molecule has 0 aliphatic rings. The van der Waals surface area contributed by atoms with Gasteiger partial charge in [0, 0.05) is 29.6 Å². The Hall–Kier alpha value is -3.13. The zero-order valence-electron chi connectivity index (χ0n) is 17.5. The molecular weight excluding hydrogens is 398 g/mol. The van der Waals surface area contributed by atoms with Crippen molar-refractivity contribution in [1.29, 1.82) is 0 Å². The summed E-state index contributed by atoms with van der Waals surface area (Å²) in [7, 11) is 3.32. The van der Waals surface area contributed by atoms with Crippen LogP contribution in [-0.2, 0) is 11.3 Å². The maximum Gasteiger partial charge on any atom is 0.277 e. The zero-order chi connectivity index (χ0) is 21.7. The van der Waals surface area contributed by atoms with Crippen LogP contribution in [0.5, 0.6) is 0 Å². The van der Waals surface area contributed by atoms with Gasteiger partial charge in [-0.05, 0) is 47.9 Å². The molecule has 2 aromatic carbocycles. The minimum atomic E-state index is -0.372. The first-order chi connectivity index (χ1) is 14.3. The maximum atomic E-state index is 12.4. The fourth-order valence-electron chi connectivity index (χ4n) is 2.62. The molecule has 3 rings (SSSR count). The summed E-state index contributed by atoms with van der Waals surface area (Å²) < 4.78 is 1.35. The normalized spacial score (nSPS) is 10.8. The predicted octanol–water partition coefficient (Wildman–Crippen LogP) is 3.89. The second-order valence-corrected chi connectivity index (χ2v) is 8.54. The number of aromatic nitrogens is 3. The molecule has 0 unspecified atom stereocenters. The van der Waals surface area contributed by atoms with Crippen molar-refractivity contribution in [1.82, 2.24) is 19.9 Å². The highest BCUT2D eigenvalue weighted by Gasteiger charge is 2.13. The van der Waals surface area contributed by atoms with E-state index in [4.69, 9.17) is 0 Å². The van der Waals surface area contributed by atoms with Gasteiger partial charge in [0.15, 0.2) is 5.69 Å². The summed E-state index contributed by atoms with van der Waals surface area (Å²) in [6.07, 6.45) is 1.46. The largest absolute Gasteiger partial charge is 0.347 e. The summed E-state index contributed by atoms with van der Waals surface area (Å²) in [6.45, 7) is 4.40. The number of amides is 2. The van der Waals surface area contributed by atoms with E-state index in [1.54, 1.807) is 25.9 Å². The van der Waals surface area contributed by atoms with E-state index >= 15 is 0 Å². The van der Waals surface area contributed by atoms with Crippen molar-refractivity contribution in [3.05, 3.63) is 66.0 Å². The van der Waals surface area contributed by atoms with Crippen molar-refractivity contribution in [2.75, 3.05) is 19.4 Å². The number of anilines is 1. The molecule has 1 aromatic heterocycles. The summed E-state index contributed by atoms with van der Waals surface area (Å²) in [5, 5.41) is 10.5. The van der Waals surface area contributed by atoms with Gasteiger partial charge in [-0.1, -0.05) is 43.0 Å². The van der Waals surface area contributed by atoms with E-state index in [-0.39, 0.29) is 24.1 Å². The minimum Gasteiger partial charge on any atom is -0.347 e. The second kappa shape index (κ2) is 9.58. The number of carbonyl (C=O) groups is 2. The quantitative estimate of drug-likeness (QED) is 0.624. The van der Waals surface area contributed by atoms with E-state index in [1.165, 1.54) is 26.2 Å². The van der Waals surface area contributed by atoms with Crippen LogP contribution in [0.1, 0.15) is 35.8 Å². The SMILES string of the molecule is CC(C)c1ccc(Sc2ccc(NC(=O)c3cn(CC(=O)N(C)C)nn3)cc2)cc1. The number of rotatable bonds is 7. The molecule has 0 aliphatic carbocycles. The molecule has 30 heavy (non-hydrogen) atoms. The Labute approximate surface area is 180 Å². The molecule has 0 radical (unpaired) electrons. The van der Waals surface area contributed by atoms with Crippen molar-refractivity contribution in [2.45, 2.75) is 36.1 Å². The molecule has 156 valence electrons. The van der Waals surface area contributed by atoms with Gasteiger partial charge in [-0.25, -0.2) is 4.68 Å². The lowest BCUT2D eigenvalue weighted by Crippen LogP contribution is -2.26. The first kappa shape index (κ1) is 21.6. The van der Waals surface area contributed by atoms with Crippen LogP contribution in [0.2, 0.25) is 0 Å². The van der Waals surface area contributed by atoms with E-state index < -0.39 is 0 Å². The van der Waals surface area contributed by atoms with Crippen LogP contribution in [0.25, 0.3) is 0 Å². The summed E-state index contributed by atoms with van der Waals surface area (Å²) >= 11 is 1.67. The molecule has 2 amide bonds. The van der Waals surface area contributed by atoms with Crippen LogP contribution in [-0.4, -0.2) is 45.8 Å². The third-order valence-electron chi connectivity index (χ3n) is 4.46. The Morgan fingerprint density at radius 3 is 2.20 bits per heavy atom. The molecule has 0 saturated heterocycles. The first-order valence-corrected chi connectivity index (χ1v) is 10.4. The lowest BCUT2D eigenvalue weighted by Gasteiger charge is -2.08. The Morgan fingerprint density at radius 1 is 1.03 bits per heavy atom. The van der Waals surface area contributed by atoms with Gasteiger partial charge in [-0.15, -0.1) is 5.10 Å². The molecule has 1 N–H and O–H groups in total. The van der Waals surface area contributed by atoms with Crippen LogP contribution in [0.15, 0.2) is 64.5 Å². The monoisotopic (exact) mass is 423 g/mol. The number of nitrogens with zero attached hydrogens (tertiary/aromatic N) is 4. The number of nitrogens with one attached hydrogen (secondary N) is 1. The topological polar surface area (TPSA) is 80.1 Å². The van der Waals surface area contributed by atoms with Crippen molar-refractivity contribution in [2.24, 2.45) is 0 Å². The van der Waals surface area contributed by atoms with Crippen molar-refractivity contribution in [3.8, 4) is 0 Å². The van der Waals surface area contributed by atoms with Gasteiger partial charge in [-0.2, -0.15) is 0 Å². The highest BCUT2D eigenvalue weighted by Crippen LogP contribution is 2.29. The van der Waals surface area contributed by atoms with Gasteiger partial charge in [0.1, 0.15) is 6.54 Å². The highest BCUT2D eigenvalue weighted by molar-refractivity contribution is 7.99. The van der Waals surface area contributed by atoms with E-state index in [1.807, 2.05) is 24.3 Å². The molecule has 1 heterocycles. The Morgan fingerprint density at radius 2 is 1.63 bits per heavy atom. The van der Waals surface area contributed by atoms with Crippen molar-refractivity contribution < 1.29 is 9.59 Å². The molecule has 3 aromatic rings. The van der Waals surface area contributed by atoms with Gasteiger partial charge < -0.3 is 10.2 Å². The Kier molecular flexibility index (Phi) is 6.89. The van der Waals surface area contributed by atoms with Crippen LogP contribution in [0.3, 0.4) is 0 Å². The van der Waals surface area contributed by atoms with Gasteiger partial charge in [0.05, 0.1) is 6.20 Å². The molecule has 0 saturated carbocycles.